The van der Waals surface area contributed by atoms with Crippen LogP contribution in [0.1, 0.15) is 56.0 Å². The van der Waals surface area contributed by atoms with Crippen LogP contribution in [0.5, 0.6) is 5.75 Å². The van der Waals surface area contributed by atoms with Crippen molar-refractivity contribution in [1.29, 1.82) is 0 Å². The number of nitrogens with zero attached hydrogens (tertiary/aromatic N) is 2. The number of aliphatic hydroxyl groups is 1. The molecule has 4 N–H and O–H groups in total. The van der Waals surface area contributed by atoms with Crippen LogP contribution >= 0.6 is 0 Å². The molecule has 11 nitrogen and oxygen atoms in total. The van der Waals surface area contributed by atoms with E-state index in [9.17, 15) is 32.7 Å². The fraction of sp³-hybridized carbons (Fsp3) is 0.390. The molecule has 0 spiro atoms. The Balaban J connectivity index is 1.35. The van der Waals surface area contributed by atoms with Gasteiger partial charge in [-0.15, -0.1) is 0 Å². The summed E-state index contributed by atoms with van der Waals surface area (Å²) >= 11 is 0. The number of aliphatic hydroxyl groups excluding tert-OH is 1. The molecular formula is C41H48F3N5O6. The van der Waals surface area contributed by atoms with Crippen LogP contribution in [0.15, 0.2) is 84.9 Å². The maximum Gasteiger partial charge on any atom is 0.416 e. The Morgan fingerprint density at radius 1 is 0.945 bits per heavy atom. The highest BCUT2D eigenvalue weighted by Crippen LogP contribution is 2.31. The summed E-state index contributed by atoms with van der Waals surface area (Å²) in [7, 11) is 1.56. The highest BCUT2D eigenvalue weighted by molar-refractivity contribution is 6.07. The van der Waals surface area contributed by atoms with Gasteiger partial charge in [0.2, 0.25) is 0 Å². The van der Waals surface area contributed by atoms with Crippen molar-refractivity contribution in [2.75, 3.05) is 49.3 Å². The van der Waals surface area contributed by atoms with Crippen LogP contribution in [0.2, 0.25) is 0 Å². The van der Waals surface area contributed by atoms with Crippen molar-refractivity contribution in [3.05, 3.63) is 96.1 Å². The molecule has 5 rings (SSSR count). The van der Waals surface area contributed by atoms with Crippen LogP contribution in [0, 0.1) is 5.92 Å². The topological polar surface area (TPSA) is 132 Å². The van der Waals surface area contributed by atoms with E-state index in [4.69, 9.17) is 9.47 Å². The molecule has 4 aromatic carbocycles. The van der Waals surface area contributed by atoms with Gasteiger partial charge in [-0.3, -0.25) is 4.79 Å². The fourth-order valence-electron chi connectivity index (χ4n) is 6.40. The van der Waals surface area contributed by atoms with E-state index in [0.29, 0.717) is 36.6 Å². The molecule has 55 heavy (non-hydrogen) atoms. The molecule has 0 radical (unpaired) electrons. The van der Waals surface area contributed by atoms with Gasteiger partial charge in [0.15, 0.2) is 0 Å². The van der Waals surface area contributed by atoms with Gasteiger partial charge in [0, 0.05) is 49.4 Å². The third-order valence-corrected chi connectivity index (χ3v) is 9.61. The minimum absolute atomic E-state index is 0.110. The molecule has 1 aliphatic rings. The Kier molecular flexibility index (Phi) is 13.6. The van der Waals surface area contributed by atoms with Crippen molar-refractivity contribution < 1.29 is 42.1 Å². The van der Waals surface area contributed by atoms with E-state index in [2.05, 4.69) is 16.0 Å². The first-order valence-corrected chi connectivity index (χ1v) is 18.3. The number of rotatable bonds is 7. The summed E-state index contributed by atoms with van der Waals surface area (Å²) in [5.41, 5.74) is 0.556. The summed E-state index contributed by atoms with van der Waals surface area (Å²) in [5.74, 6) is -0.443. The molecule has 0 saturated heterocycles. The molecule has 14 heteroatoms. The second-order valence-electron chi connectivity index (χ2n) is 14.0. The zero-order valence-electron chi connectivity index (χ0n) is 31.4. The largest absolute Gasteiger partial charge is 0.490 e. The molecule has 0 saturated carbocycles. The van der Waals surface area contributed by atoms with Crippen molar-refractivity contribution in [2.45, 2.75) is 64.5 Å². The highest BCUT2D eigenvalue weighted by Gasteiger charge is 2.32. The molecule has 294 valence electrons. The van der Waals surface area contributed by atoms with E-state index in [-0.39, 0.29) is 43.0 Å². The van der Waals surface area contributed by atoms with E-state index in [0.717, 1.165) is 29.3 Å². The van der Waals surface area contributed by atoms with Gasteiger partial charge in [-0.1, -0.05) is 43.3 Å². The molecule has 1 heterocycles. The molecule has 0 aromatic heterocycles. The number of nitrogens with one attached hydrogen (secondary N) is 3. The molecule has 4 atom stereocenters. The number of hydrogen-bond acceptors (Lipinski definition) is 6. The summed E-state index contributed by atoms with van der Waals surface area (Å²) in [6.45, 7) is 5.80. The van der Waals surface area contributed by atoms with E-state index < -0.39 is 41.9 Å². The monoisotopic (exact) mass is 763 g/mol. The van der Waals surface area contributed by atoms with Crippen molar-refractivity contribution in [3.8, 4) is 5.75 Å². The van der Waals surface area contributed by atoms with E-state index in [1.807, 2.05) is 50.2 Å². The lowest BCUT2D eigenvalue weighted by molar-refractivity contribution is -0.137. The number of amides is 5. The number of fused-ring (bicyclic) bond motifs is 2. The van der Waals surface area contributed by atoms with Crippen LogP contribution in [-0.4, -0.2) is 84.5 Å². The van der Waals surface area contributed by atoms with E-state index in [1.165, 1.54) is 21.9 Å². The number of urea groups is 2. The molecule has 0 bridgehead atoms. The maximum absolute atomic E-state index is 14.5. The van der Waals surface area contributed by atoms with Gasteiger partial charge in [0.05, 0.1) is 41.7 Å². The molecular weight excluding hydrogens is 715 g/mol. The number of halogens is 3. The Bertz CT molecular complexity index is 1940. The number of alkyl halides is 3. The second-order valence-corrected chi connectivity index (χ2v) is 14.0. The smallest absolute Gasteiger partial charge is 0.416 e. The summed E-state index contributed by atoms with van der Waals surface area (Å²) < 4.78 is 51.7. The number of anilines is 3. The van der Waals surface area contributed by atoms with Crippen molar-refractivity contribution in [3.63, 3.8) is 0 Å². The van der Waals surface area contributed by atoms with Crippen LogP contribution in [0.25, 0.3) is 10.8 Å². The first kappa shape index (κ1) is 40.8. The quantitative estimate of drug-likeness (QED) is 0.149. The van der Waals surface area contributed by atoms with E-state index >= 15 is 0 Å². The number of carbonyl (C=O) groups excluding carboxylic acids is 3. The van der Waals surface area contributed by atoms with Gasteiger partial charge >= 0.3 is 18.2 Å². The average Bonchev–Trinajstić information content (AvgIpc) is 3.15. The Hall–Kier alpha value is -5.34. The summed E-state index contributed by atoms with van der Waals surface area (Å²) in [6.07, 6.45) is -3.18. The lowest BCUT2D eigenvalue weighted by Gasteiger charge is -2.35. The lowest BCUT2D eigenvalue weighted by Crippen LogP contribution is -2.48. The van der Waals surface area contributed by atoms with Gasteiger partial charge in [-0.05, 0) is 87.0 Å². The number of ether oxygens (including phenoxy) is 2. The molecule has 0 aliphatic carbocycles. The van der Waals surface area contributed by atoms with Crippen LogP contribution < -0.4 is 20.7 Å². The van der Waals surface area contributed by atoms with Crippen molar-refractivity contribution in [2.24, 2.45) is 5.92 Å². The van der Waals surface area contributed by atoms with Crippen LogP contribution in [-0.2, 0) is 10.9 Å². The number of benzene rings is 4. The van der Waals surface area contributed by atoms with Gasteiger partial charge in [0.25, 0.3) is 5.91 Å². The number of likely N-dealkylation sites (N-methyl/N-ethyl adjacent to an activating group) is 1. The van der Waals surface area contributed by atoms with Crippen molar-refractivity contribution in [1.82, 2.24) is 9.80 Å². The Labute approximate surface area is 318 Å². The third kappa shape index (κ3) is 10.9. The van der Waals surface area contributed by atoms with E-state index in [1.54, 1.807) is 38.2 Å². The molecule has 1 aliphatic heterocycles. The minimum Gasteiger partial charge on any atom is -0.490 e. The SMILES string of the molecule is C[C@@H]1CN([C@H](C)CO)C(=O)c2cc(NC(=O)Nc3cccc4ccccc34)ccc2O[C@@H](C)CCCCO[C@H]1CN(C)C(=O)Nc1ccc(C(F)(F)F)cc1. The molecule has 0 fully saturated rings. The highest BCUT2D eigenvalue weighted by atomic mass is 19.4. The first-order chi connectivity index (χ1) is 26.2. The zero-order chi connectivity index (χ0) is 39.7. The van der Waals surface area contributed by atoms with Crippen molar-refractivity contribution >= 4 is 45.8 Å². The zero-order valence-corrected chi connectivity index (χ0v) is 31.4. The normalized spacial score (nSPS) is 19.0. The Morgan fingerprint density at radius 2 is 1.65 bits per heavy atom. The standard InChI is InChI=1S/C41H48F3N5O6/c1-26-23-49(27(2)25-50)38(51)34-22-32(45-39(52)47-35-14-9-12-29-11-5-6-13-33(29)35)19-20-36(34)55-28(3)10-7-8-21-54-37(26)24-48(4)40(53)46-31-17-15-30(16-18-31)41(42,43)44/h5-6,9,11-20,22,26-28,37,50H,7-8,10,21,23-25H2,1-4H3,(H,46,53)(H2,45,47,52)/t26-,27-,28+,37+/m1/s1. The third-order valence-electron chi connectivity index (χ3n) is 9.61. The van der Waals surface area contributed by atoms with Gasteiger partial charge in [0.1, 0.15) is 5.75 Å². The predicted molar refractivity (Wildman–Crippen MR) is 207 cm³/mol. The molecule has 0 unspecified atom stereocenters. The Morgan fingerprint density at radius 3 is 2.38 bits per heavy atom. The van der Waals surface area contributed by atoms with Crippen LogP contribution in [0.3, 0.4) is 0 Å². The van der Waals surface area contributed by atoms with Crippen LogP contribution in [0.4, 0.5) is 39.8 Å². The molecule has 5 amide bonds. The minimum atomic E-state index is -4.50. The first-order valence-electron chi connectivity index (χ1n) is 18.3. The van der Waals surface area contributed by atoms with Gasteiger partial charge in [-0.2, -0.15) is 13.2 Å². The lowest BCUT2D eigenvalue weighted by atomic mass is 10.0. The number of carbonyl (C=O) groups is 3. The summed E-state index contributed by atoms with van der Waals surface area (Å²) in [6, 6.07) is 20.7. The second kappa shape index (κ2) is 18.3. The average molecular weight is 764 g/mol. The maximum atomic E-state index is 14.5. The fourth-order valence-corrected chi connectivity index (χ4v) is 6.40. The summed E-state index contributed by atoms with van der Waals surface area (Å²) in [4.78, 5) is 43.8. The summed E-state index contributed by atoms with van der Waals surface area (Å²) in [5, 5.41) is 20.5. The predicted octanol–water partition coefficient (Wildman–Crippen LogP) is 8.46. The van der Waals surface area contributed by atoms with Gasteiger partial charge < -0.3 is 40.3 Å². The number of hydrogen-bond donors (Lipinski definition) is 4. The van der Waals surface area contributed by atoms with Gasteiger partial charge in [-0.25, -0.2) is 9.59 Å². The molecule has 4 aromatic rings.